The van der Waals surface area contributed by atoms with Crippen LogP contribution in [0.25, 0.3) is 0 Å². The summed E-state index contributed by atoms with van der Waals surface area (Å²) in [6, 6.07) is 0.00607. The van der Waals surface area contributed by atoms with Crippen molar-refractivity contribution in [3.05, 3.63) is 0 Å². The summed E-state index contributed by atoms with van der Waals surface area (Å²) < 4.78 is 0. The zero-order chi connectivity index (χ0) is 14.8. The van der Waals surface area contributed by atoms with E-state index in [4.69, 9.17) is 10.8 Å². The number of amides is 1. The molecule has 0 spiro atoms. The average Bonchev–Trinajstić information content (AvgIpc) is 2.28. The van der Waals surface area contributed by atoms with Crippen molar-refractivity contribution in [3.63, 3.8) is 0 Å². The van der Waals surface area contributed by atoms with Crippen molar-refractivity contribution in [1.82, 2.24) is 5.32 Å². The number of nitrogens with two attached hydrogens (primary N) is 1. The SMILES string of the molecule is CCCC(N)CC(=O)NC(C)CCCC(C)C(=O)O. The number of carbonyl (C=O) groups excluding carboxylic acids is 1. The molecule has 0 aliphatic heterocycles. The first-order valence-electron chi connectivity index (χ1n) is 7.14. The molecule has 112 valence electrons. The molecule has 0 saturated carbocycles. The molecule has 1 amide bonds. The van der Waals surface area contributed by atoms with Crippen molar-refractivity contribution < 1.29 is 14.7 Å². The van der Waals surface area contributed by atoms with Gasteiger partial charge in [-0.15, -0.1) is 0 Å². The third-order valence-electron chi connectivity index (χ3n) is 3.21. The average molecular weight is 272 g/mol. The number of rotatable bonds is 10. The molecule has 5 nitrogen and oxygen atoms in total. The monoisotopic (exact) mass is 272 g/mol. The number of nitrogens with one attached hydrogen (secondary N) is 1. The summed E-state index contributed by atoms with van der Waals surface area (Å²) >= 11 is 0. The zero-order valence-electron chi connectivity index (χ0n) is 12.3. The molecule has 0 aliphatic rings. The highest BCUT2D eigenvalue weighted by molar-refractivity contribution is 5.76. The largest absolute Gasteiger partial charge is 0.481 e. The van der Waals surface area contributed by atoms with Crippen LogP contribution in [0.5, 0.6) is 0 Å². The van der Waals surface area contributed by atoms with Gasteiger partial charge in [-0.05, 0) is 26.2 Å². The van der Waals surface area contributed by atoms with Gasteiger partial charge in [-0.2, -0.15) is 0 Å². The first-order chi connectivity index (χ1) is 8.86. The minimum absolute atomic E-state index is 0.0141. The van der Waals surface area contributed by atoms with Crippen LogP contribution in [0.4, 0.5) is 0 Å². The smallest absolute Gasteiger partial charge is 0.306 e. The third-order valence-corrected chi connectivity index (χ3v) is 3.21. The molecule has 3 atom stereocenters. The van der Waals surface area contributed by atoms with Crippen molar-refractivity contribution in [2.75, 3.05) is 0 Å². The molecule has 0 radical (unpaired) electrons. The van der Waals surface area contributed by atoms with Crippen LogP contribution in [0.15, 0.2) is 0 Å². The Morgan fingerprint density at radius 2 is 1.84 bits per heavy atom. The van der Waals surface area contributed by atoms with E-state index >= 15 is 0 Å². The third kappa shape index (κ3) is 9.47. The van der Waals surface area contributed by atoms with Crippen molar-refractivity contribution in [2.45, 2.75) is 71.4 Å². The van der Waals surface area contributed by atoms with E-state index in [1.807, 2.05) is 13.8 Å². The van der Waals surface area contributed by atoms with Crippen LogP contribution in [-0.2, 0) is 9.59 Å². The Morgan fingerprint density at radius 3 is 2.37 bits per heavy atom. The Balaban J connectivity index is 3.76. The van der Waals surface area contributed by atoms with Gasteiger partial charge < -0.3 is 16.2 Å². The van der Waals surface area contributed by atoms with E-state index < -0.39 is 5.97 Å². The number of hydrogen-bond donors (Lipinski definition) is 3. The molecule has 4 N–H and O–H groups in total. The highest BCUT2D eigenvalue weighted by atomic mass is 16.4. The van der Waals surface area contributed by atoms with Crippen LogP contribution in [0.3, 0.4) is 0 Å². The van der Waals surface area contributed by atoms with E-state index in [1.54, 1.807) is 6.92 Å². The normalized spacial score (nSPS) is 15.6. The molecule has 0 rings (SSSR count). The van der Waals surface area contributed by atoms with Gasteiger partial charge in [-0.1, -0.05) is 26.7 Å². The lowest BCUT2D eigenvalue weighted by Gasteiger charge is -2.16. The number of carboxylic acid groups (broad SMARTS) is 1. The van der Waals surface area contributed by atoms with E-state index in [2.05, 4.69) is 5.32 Å². The molecule has 0 saturated heterocycles. The van der Waals surface area contributed by atoms with Crippen LogP contribution in [-0.4, -0.2) is 29.1 Å². The molecule has 0 heterocycles. The second-order valence-electron chi connectivity index (χ2n) is 5.39. The Morgan fingerprint density at radius 1 is 1.21 bits per heavy atom. The topological polar surface area (TPSA) is 92.4 Å². The van der Waals surface area contributed by atoms with Crippen LogP contribution >= 0.6 is 0 Å². The molecular formula is C14H28N2O3. The van der Waals surface area contributed by atoms with Crippen LogP contribution in [0.2, 0.25) is 0 Å². The molecule has 0 bridgehead atoms. The summed E-state index contributed by atoms with van der Waals surface area (Å²) in [7, 11) is 0. The highest BCUT2D eigenvalue weighted by Gasteiger charge is 2.13. The molecule has 0 aliphatic carbocycles. The maximum atomic E-state index is 11.7. The second-order valence-corrected chi connectivity index (χ2v) is 5.39. The van der Waals surface area contributed by atoms with Crippen LogP contribution in [0, 0.1) is 5.92 Å². The van der Waals surface area contributed by atoms with Crippen molar-refractivity contribution >= 4 is 11.9 Å². The van der Waals surface area contributed by atoms with E-state index in [-0.39, 0.29) is 23.9 Å². The molecule has 0 fully saturated rings. The van der Waals surface area contributed by atoms with E-state index in [1.165, 1.54) is 0 Å². The Kier molecular flexibility index (Phi) is 9.21. The molecule has 0 aromatic rings. The number of carbonyl (C=O) groups is 2. The fraction of sp³-hybridized carbons (Fsp3) is 0.857. The fourth-order valence-electron chi connectivity index (χ4n) is 1.97. The number of hydrogen-bond acceptors (Lipinski definition) is 3. The lowest BCUT2D eigenvalue weighted by atomic mass is 10.0. The van der Waals surface area contributed by atoms with Gasteiger partial charge in [0, 0.05) is 18.5 Å². The molecule has 3 unspecified atom stereocenters. The van der Waals surface area contributed by atoms with Gasteiger partial charge in [-0.25, -0.2) is 0 Å². The second kappa shape index (κ2) is 9.78. The summed E-state index contributed by atoms with van der Waals surface area (Å²) in [6.07, 6.45) is 4.45. The van der Waals surface area contributed by atoms with Gasteiger partial charge in [0.15, 0.2) is 0 Å². The van der Waals surface area contributed by atoms with Crippen molar-refractivity contribution in [2.24, 2.45) is 11.7 Å². The summed E-state index contributed by atoms with van der Waals surface area (Å²) in [4.78, 5) is 22.3. The van der Waals surface area contributed by atoms with E-state index in [0.717, 1.165) is 25.7 Å². The van der Waals surface area contributed by atoms with Crippen LogP contribution in [0.1, 0.15) is 59.3 Å². The Labute approximate surface area is 115 Å². The van der Waals surface area contributed by atoms with Gasteiger partial charge >= 0.3 is 5.97 Å². The molecule has 5 heteroatoms. The molecule has 0 aromatic heterocycles. The van der Waals surface area contributed by atoms with Gasteiger partial charge in [0.25, 0.3) is 0 Å². The zero-order valence-corrected chi connectivity index (χ0v) is 12.3. The Bertz CT molecular complexity index is 282. The predicted octanol–water partition coefficient (Wildman–Crippen LogP) is 1.90. The van der Waals surface area contributed by atoms with Crippen LogP contribution < -0.4 is 11.1 Å². The van der Waals surface area contributed by atoms with Crippen molar-refractivity contribution in [3.8, 4) is 0 Å². The van der Waals surface area contributed by atoms with E-state index in [9.17, 15) is 9.59 Å². The fourth-order valence-corrected chi connectivity index (χ4v) is 1.97. The van der Waals surface area contributed by atoms with Gasteiger partial charge in [0.05, 0.1) is 5.92 Å². The maximum absolute atomic E-state index is 11.7. The van der Waals surface area contributed by atoms with Gasteiger partial charge in [0.2, 0.25) is 5.91 Å². The molecule has 19 heavy (non-hydrogen) atoms. The highest BCUT2D eigenvalue weighted by Crippen LogP contribution is 2.09. The van der Waals surface area contributed by atoms with Gasteiger partial charge in [0.1, 0.15) is 0 Å². The standard InChI is InChI=1S/C14H28N2O3/c1-4-6-12(15)9-13(17)16-11(3)8-5-7-10(2)14(18)19/h10-12H,4-9,15H2,1-3H3,(H,16,17)(H,18,19). The summed E-state index contributed by atoms with van der Waals surface area (Å²) in [5.74, 6) is -1.09. The van der Waals surface area contributed by atoms with Gasteiger partial charge in [-0.3, -0.25) is 9.59 Å². The summed E-state index contributed by atoms with van der Waals surface area (Å²) in [6.45, 7) is 5.69. The lowest BCUT2D eigenvalue weighted by molar-refractivity contribution is -0.141. The number of carboxylic acids is 1. The maximum Gasteiger partial charge on any atom is 0.306 e. The minimum atomic E-state index is -0.762. The molecular weight excluding hydrogens is 244 g/mol. The lowest BCUT2D eigenvalue weighted by Crippen LogP contribution is -2.36. The first kappa shape index (κ1) is 17.9. The summed E-state index contributed by atoms with van der Waals surface area (Å²) in [5, 5.41) is 11.7. The minimum Gasteiger partial charge on any atom is -0.481 e. The first-order valence-corrected chi connectivity index (χ1v) is 7.14. The predicted molar refractivity (Wildman–Crippen MR) is 75.8 cm³/mol. The van der Waals surface area contributed by atoms with Crippen molar-refractivity contribution in [1.29, 1.82) is 0 Å². The summed E-state index contributed by atoms with van der Waals surface area (Å²) in [5.41, 5.74) is 5.81. The number of aliphatic carboxylic acids is 1. The molecule has 0 aromatic carbocycles. The van der Waals surface area contributed by atoms with E-state index in [0.29, 0.717) is 12.8 Å². The quantitative estimate of drug-likeness (QED) is 0.566. The Hall–Kier alpha value is -1.10.